The van der Waals surface area contributed by atoms with E-state index in [0.29, 0.717) is 5.69 Å². The Balaban J connectivity index is 2.25. The number of nitriles is 1. The summed E-state index contributed by atoms with van der Waals surface area (Å²) in [6.07, 6.45) is 3.57. The van der Waals surface area contributed by atoms with Crippen molar-refractivity contribution in [3.05, 3.63) is 41.6 Å². The number of rotatable bonds is 1. The molecule has 1 N–H and O–H groups in total. The number of aromatic amines is 1. The van der Waals surface area contributed by atoms with E-state index in [-0.39, 0.29) is 0 Å². The van der Waals surface area contributed by atoms with Crippen LogP contribution >= 0.6 is 0 Å². The van der Waals surface area contributed by atoms with E-state index >= 15 is 0 Å². The summed E-state index contributed by atoms with van der Waals surface area (Å²) in [4.78, 5) is 8.39. The van der Waals surface area contributed by atoms with Crippen molar-refractivity contribution in [2.75, 3.05) is 0 Å². The van der Waals surface area contributed by atoms with Gasteiger partial charge < -0.3 is 0 Å². The van der Waals surface area contributed by atoms with Gasteiger partial charge in [0.05, 0.1) is 5.52 Å². The van der Waals surface area contributed by atoms with Crippen LogP contribution in [0.3, 0.4) is 0 Å². The first-order chi connectivity index (χ1) is 9.19. The second-order valence-electron chi connectivity index (χ2n) is 4.42. The minimum absolute atomic E-state index is 0.410. The zero-order valence-corrected chi connectivity index (χ0v) is 10.6. The first-order valence-electron chi connectivity index (χ1n) is 5.87. The number of hydrogen-bond donors (Lipinski definition) is 1. The third kappa shape index (κ3) is 1.83. The van der Waals surface area contributed by atoms with Gasteiger partial charge in [-0.1, -0.05) is 0 Å². The molecule has 92 valence electrons. The largest absolute Gasteiger partial charge is 0.276 e. The molecule has 0 radical (unpaired) electrons. The van der Waals surface area contributed by atoms with Gasteiger partial charge in [0.2, 0.25) is 0 Å². The molecule has 0 saturated heterocycles. The molecule has 0 aliphatic heterocycles. The summed E-state index contributed by atoms with van der Waals surface area (Å²) < 4.78 is 0. The number of aromatic nitrogens is 4. The SMILES string of the molecule is Cc1ncc(-c2cc(C)c3[nH]nc(C#N)c3c2)cn1. The molecule has 5 heteroatoms. The lowest BCUT2D eigenvalue weighted by Gasteiger charge is -2.04. The number of nitrogens with one attached hydrogen (secondary N) is 1. The minimum atomic E-state index is 0.410. The molecule has 0 spiro atoms. The highest BCUT2D eigenvalue weighted by atomic mass is 15.1. The van der Waals surface area contributed by atoms with Crippen LogP contribution in [0.1, 0.15) is 17.1 Å². The minimum Gasteiger partial charge on any atom is -0.276 e. The molecule has 2 aromatic heterocycles. The monoisotopic (exact) mass is 249 g/mol. The zero-order valence-electron chi connectivity index (χ0n) is 10.6. The molecule has 5 nitrogen and oxygen atoms in total. The fourth-order valence-corrected chi connectivity index (χ4v) is 2.09. The predicted molar refractivity (Wildman–Crippen MR) is 71.3 cm³/mol. The number of benzene rings is 1. The average Bonchev–Trinajstić information content (AvgIpc) is 2.83. The maximum Gasteiger partial charge on any atom is 0.170 e. The van der Waals surface area contributed by atoms with Crippen LogP contribution in [0.2, 0.25) is 0 Å². The van der Waals surface area contributed by atoms with Gasteiger partial charge in [-0.15, -0.1) is 0 Å². The number of fused-ring (bicyclic) bond motifs is 1. The fraction of sp³-hybridized carbons (Fsp3) is 0.143. The Morgan fingerprint density at radius 3 is 2.53 bits per heavy atom. The number of H-pyrrole nitrogens is 1. The Hall–Kier alpha value is -2.74. The Morgan fingerprint density at radius 2 is 1.84 bits per heavy atom. The van der Waals surface area contributed by atoms with E-state index < -0.39 is 0 Å². The second-order valence-corrected chi connectivity index (χ2v) is 4.42. The third-order valence-electron chi connectivity index (χ3n) is 3.09. The highest BCUT2D eigenvalue weighted by molar-refractivity contribution is 5.90. The van der Waals surface area contributed by atoms with E-state index in [0.717, 1.165) is 33.4 Å². The molecule has 2 heterocycles. The van der Waals surface area contributed by atoms with Gasteiger partial charge in [0, 0.05) is 23.3 Å². The predicted octanol–water partition coefficient (Wildman–Crippen LogP) is 2.51. The van der Waals surface area contributed by atoms with Crippen LogP contribution in [-0.4, -0.2) is 20.2 Å². The highest BCUT2D eigenvalue weighted by Crippen LogP contribution is 2.27. The van der Waals surface area contributed by atoms with E-state index in [1.165, 1.54) is 0 Å². The van der Waals surface area contributed by atoms with Crippen LogP contribution in [-0.2, 0) is 0 Å². The molecule has 0 bridgehead atoms. The van der Waals surface area contributed by atoms with Crippen LogP contribution in [0.5, 0.6) is 0 Å². The lowest BCUT2D eigenvalue weighted by molar-refractivity contribution is 1.06. The molecule has 3 rings (SSSR count). The molecule has 0 unspecified atom stereocenters. The third-order valence-corrected chi connectivity index (χ3v) is 3.09. The molecule has 19 heavy (non-hydrogen) atoms. The zero-order chi connectivity index (χ0) is 13.4. The Morgan fingerprint density at radius 1 is 1.11 bits per heavy atom. The van der Waals surface area contributed by atoms with Crippen molar-refractivity contribution in [1.82, 2.24) is 20.2 Å². The van der Waals surface area contributed by atoms with Crippen LogP contribution < -0.4 is 0 Å². The molecule has 1 aromatic carbocycles. The van der Waals surface area contributed by atoms with Crippen molar-refractivity contribution >= 4 is 10.9 Å². The van der Waals surface area contributed by atoms with Gasteiger partial charge in [-0.25, -0.2) is 9.97 Å². The Kier molecular flexibility index (Phi) is 2.50. The second kappa shape index (κ2) is 4.18. The van der Waals surface area contributed by atoms with E-state index in [4.69, 9.17) is 5.26 Å². The van der Waals surface area contributed by atoms with E-state index in [1.807, 2.05) is 26.0 Å². The molecule has 0 fully saturated rings. The molecular weight excluding hydrogens is 238 g/mol. The highest BCUT2D eigenvalue weighted by Gasteiger charge is 2.10. The quantitative estimate of drug-likeness (QED) is 0.718. The smallest absolute Gasteiger partial charge is 0.170 e. The van der Waals surface area contributed by atoms with E-state index in [2.05, 4.69) is 26.2 Å². The fourth-order valence-electron chi connectivity index (χ4n) is 2.09. The standard InChI is InChI=1S/C14H11N5/c1-8-3-10(11-6-16-9(2)17-7-11)4-12-13(5-15)18-19-14(8)12/h3-4,6-7H,1-2H3,(H,18,19). The molecule has 0 atom stereocenters. The summed E-state index contributed by atoms with van der Waals surface area (Å²) in [5, 5.41) is 16.8. The van der Waals surface area contributed by atoms with E-state index in [9.17, 15) is 0 Å². The van der Waals surface area contributed by atoms with Crippen LogP contribution in [0, 0.1) is 25.2 Å². The first kappa shape index (κ1) is 11.4. The molecule has 3 aromatic rings. The summed E-state index contributed by atoms with van der Waals surface area (Å²) >= 11 is 0. The lowest BCUT2D eigenvalue weighted by atomic mass is 10.0. The van der Waals surface area contributed by atoms with Crippen molar-refractivity contribution in [3.8, 4) is 17.2 Å². The van der Waals surface area contributed by atoms with Gasteiger partial charge in [-0.3, -0.25) is 5.10 Å². The summed E-state index contributed by atoms with van der Waals surface area (Å²) in [6.45, 7) is 3.84. The molecule has 0 aliphatic rings. The van der Waals surface area contributed by atoms with Crippen LogP contribution in [0.4, 0.5) is 0 Å². The average molecular weight is 249 g/mol. The number of hydrogen-bond acceptors (Lipinski definition) is 4. The maximum absolute atomic E-state index is 9.06. The maximum atomic E-state index is 9.06. The summed E-state index contributed by atoms with van der Waals surface area (Å²) in [5.41, 5.74) is 4.27. The van der Waals surface area contributed by atoms with Crippen molar-refractivity contribution < 1.29 is 0 Å². The van der Waals surface area contributed by atoms with Crippen molar-refractivity contribution in [3.63, 3.8) is 0 Å². The van der Waals surface area contributed by atoms with Crippen molar-refractivity contribution in [2.45, 2.75) is 13.8 Å². The van der Waals surface area contributed by atoms with Gasteiger partial charge in [0.1, 0.15) is 11.9 Å². The summed E-state index contributed by atoms with van der Waals surface area (Å²) in [7, 11) is 0. The molecule has 0 aliphatic carbocycles. The van der Waals surface area contributed by atoms with Gasteiger partial charge in [0.15, 0.2) is 5.69 Å². The van der Waals surface area contributed by atoms with Crippen molar-refractivity contribution in [2.24, 2.45) is 0 Å². The van der Waals surface area contributed by atoms with Gasteiger partial charge in [-0.05, 0) is 37.1 Å². The first-order valence-corrected chi connectivity index (χ1v) is 5.87. The van der Waals surface area contributed by atoms with Crippen molar-refractivity contribution in [1.29, 1.82) is 5.26 Å². The van der Waals surface area contributed by atoms with Crippen LogP contribution in [0.15, 0.2) is 24.5 Å². The van der Waals surface area contributed by atoms with Gasteiger partial charge in [0.25, 0.3) is 0 Å². The Bertz CT molecular complexity index is 793. The molecule has 0 amide bonds. The van der Waals surface area contributed by atoms with Gasteiger partial charge >= 0.3 is 0 Å². The normalized spacial score (nSPS) is 10.6. The molecular formula is C14H11N5. The summed E-state index contributed by atoms with van der Waals surface area (Å²) in [5.74, 6) is 0.738. The van der Waals surface area contributed by atoms with Gasteiger partial charge in [-0.2, -0.15) is 10.4 Å². The molecule has 0 saturated carbocycles. The summed E-state index contributed by atoms with van der Waals surface area (Å²) in [6, 6.07) is 6.07. The van der Waals surface area contributed by atoms with E-state index in [1.54, 1.807) is 12.4 Å². The number of aryl methyl sites for hydroxylation is 2. The topological polar surface area (TPSA) is 78.2 Å². The Labute approximate surface area is 109 Å². The van der Waals surface area contributed by atoms with Crippen LogP contribution in [0.25, 0.3) is 22.0 Å². The number of nitrogens with zero attached hydrogens (tertiary/aromatic N) is 4. The lowest BCUT2D eigenvalue weighted by Crippen LogP contribution is -1.89.